The number of nitrogens with zero attached hydrogens (tertiary/aromatic N) is 2. The highest BCUT2D eigenvalue weighted by atomic mass is 79.9. The summed E-state index contributed by atoms with van der Waals surface area (Å²) >= 11 is 3.49. The fourth-order valence-electron chi connectivity index (χ4n) is 3.52. The minimum atomic E-state index is -0.100. The van der Waals surface area contributed by atoms with Crippen LogP contribution in [0.5, 0.6) is 0 Å². The van der Waals surface area contributed by atoms with Gasteiger partial charge in [0.15, 0.2) is 0 Å². The molecule has 3 aromatic rings. The number of aryl methyl sites for hydroxylation is 1. The maximum Gasteiger partial charge on any atom is 0.322 e. The summed E-state index contributed by atoms with van der Waals surface area (Å²) in [6.45, 7) is 3.49. The Hall–Kier alpha value is -2.53. The summed E-state index contributed by atoms with van der Waals surface area (Å²) < 4.78 is 3.26. The standard InChI is InChI=1S/C21H20BrN3O/c1-15-4-2-5-18(14-15)23-21(26)25-13-12-24-11-3-6-19(24)20(25)16-7-9-17(22)10-8-16/h2-11,14,20H,12-13H2,1H3,(H,23,26)/t20-/m1/s1. The van der Waals surface area contributed by atoms with Gasteiger partial charge in [-0.05, 0) is 54.4 Å². The van der Waals surface area contributed by atoms with E-state index in [0.717, 1.165) is 33.5 Å². The van der Waals surface area contributed by atoms with Crippen molar-refractivity contribution in [3.63, 3.8) is 0 Å². The van der Waals surface area contributed by atoms with Crippen molar-refractivity contribution >= 4 is 27.6 Å². The third-order valence-corrected chi connectivity index (χ3v) is 5.28. The molecule has 1 N–H and O–H groups in total. The van der Waals surface area contributed by atoms with Crippen LogP contribution in [0.2, 0.25) is 0 Å². The summed E-state index contributed by atoms with van der Waals surface area (Å²) in [5.41, 5.74) is 4.19. The fraction of sp³-hybridized carbons (Fsp3) is 0.190. The van der Waals surface area contributed by atoms with E-state index in [4.69, 9.17) is 0 Å². The van der Waals surface area contributed by atoms with Crippen molar-refractivity contribution in [2.75, 3.05) is 11.9 Å². The number of fused-ring (bicyclic) bond motifs is 1. The molecular formula is C21H20BrN3O. The molecule has 5 heteroatoms. The lowest BCUT2D eigenvalue weighted by Gasteiger charge is -2.37. The first-order chi connectivity index (χ1) is 12.6. The van der Waals surface area contributed by atoms with Crippen molar-refractivity contribution in [3.05, 3.63) is 88.2 Å². The molecule has 2 heterocycles. The number of rotatable bonds is 2. The lowest BCUT2D eigenvalue weighted by Crippen LogP contribution is -2.44. The molecule has 2 amide bonds. The van der Waals surface area contributed by atoms with Crippen LogP contribution in [-0.2, 0) is 6.54 Å². The van der Waals surface area contributed by atoms with Crippen molar-refractivity contribution in [3.8, 4) is 0 Å². The van der Waals surface area contributed by atoms with Crippen LogP contribution in [-0.4, -0.2) is 22.0 Å². The average molecular weight is 410 g/mol. The molecule has 0 spiro atoms. The predicted octanol–water partition coefficient (Wildman–Crippen LogP) is 5.20. The third kappa shape index (κ3) is 3.27. The van der Waals surface area contributed by atoms with Gasteiger partial charge in [-0.1, -0.05) is 40.2 Å². The van der Waals surface area contributed by atoms with Gasteiger partial charge in [0.1, 0.15) is 0 Å². The maximum absolute atomic E-state index is 13.1. The second kappa shape index (κ2) is 7.00. The second-order valence-electron chi connectivity index (χ2n) is 6.57. The Morgan fingerprint density at radius 1 is 1.08 bits per heavy atom. The highest BCUT2D eigenvalue weighted by Crippen LogP contribution is 2.33. The van der Waals surface area contributed by atoms with Crippen LogP contribution in [0.3, 0.4) is 0 Å². The monoisotopic (exact) mass is 409 g/mol. The van der Waals surface area contributed by atoms with Crippen LogP contribution in [0.25, 0.3) is 0 Å². The molecule has 4 nitrogen and oxygen atoms in total. The lowest BCUT2D eigenvalue weighted by atomic mass is 10.0. The van der Waals surface area contributed by atoms with Crippen molar-refractivity contribution in [2.45, 2.75) is 19.5 Å². The van der Waals surface area contributed by atoms with E-state index in [0.29, 0.717) is 6.54 Å². The van der Waals surface area contributed by atoms with Gasteiger partial charge < -0.3 is 14.8 Å². The van der Waals surface area contributed by atoms with Crippen molar-refractivity contribution in [1.29, 1.82) is 0 Å². The molecule has 26 heavy (non-hydrogen) atoms. The molecule has 4 rings (SSSR count). The minimum Gasteiger partial charge on any atom is -0.348 e. The predicted molar refractivity (Wildman–Crippen MR) is 107 cm³/mol. The molecule has 1 aromatic heterocycles. The first-order valence-corrected chi connectivity index (χ1v) is 9.46. The van der Waals surface area contributed by atoms with E-state index in [1.807, 2.05) is 54.3 Å². The number of amides is 2. The van der Waals surface area contributed by atoms with Crippen LogP contribution >= 0.6 is 15.9 Å². The minimum absolute atomic E-state index is 0.0732. The lowest BCUT2D eigenvalue weighted by molar-refractivity contribution is 0.182. The van der Waals surface area contributed by atoms with E-state index in [1.165, 1.54) is 0 Å². The number of benzene rings is 2. The molecule has 132 valence electrons. The van der Waals surface area contributed by atoms with E-state index in [-0.39, 0.29) is 12.1 Å². The number of hydrogen-bond donors (Lipinski definition) is 1. The van der Waals surface area contributed by atoms with Crippen molar-refractivity contribution < 1.29 is 4.79 Å². The zero-order valence-electron chi connectivity index (χ0n) is 14.5. The van der Waals surface area contributed by atoms with Gasteiger partial charge in [-0.2, -0.15) is 0 Å². The largest absolute Gasteiger partial charge is 0.348 e. The van der Waals surface area contributed by atoms with Crippen molar-refractivity contribution in [2.24, 2.45) is 0 Å². The Morgan fingerprint density at radius 2 is 1.88 bits per heavy atom. The summed E-state index contributed by atoms with van der Waals surface area (Å²) in [4.78, 5) is 15.0. The molecule has 1 aliphatic heterocycles. The summed E-state index contributed by atoms with van der Waals surface area (Å²) in [6.07, 6.45) is 2.08. The zero-order chi connectivity index (χ0) is 18.1. The van der Waals surface area contributed by atoms with E-state index in [2.05, 4.69) is 50.2 Å². The number of halogens is 1. The Balaban J connectivity index is 1.67. The molecule has 0 radical (unpaired) electrons. The van der Waals surface area contributed by atoms with Crippen LogP contribution < -0.4 is 5.32 Å². The molecule has 0 bridgehead atoms. The van der Waals surface area contributed by atoms with Gasteiger partial charge in [0, 0.05) is 35.1 Å². The molecule has 1 atom stereocenters. The zero-order valence-corrected chi connectivity index (χ0v) is 16.1. The summed E-state index contributed by atoms with van der Waals surface area (Å²) in [6, 6.07) is 20.0. The van der Waals surface area contributed by atoms with Crippen LogP contribution in [0.4, 0.5) is 10.5 Å². The van der Waals surface area contributed by atoms with E-state index < -0.39 is 0 Å². The topological polar surface area (TPSA) is 37.3 Å². The highest BCUT2D eigenvalue weighted by Gasteiger charge is 2.32. The highest BCUT2D eigenvalue weighted by molar-refractivity contribution is 9.10. The van der Waals surface area contributed by atoms with E-state index in [9.17, 15) is 4.79 Å². The van der Waals surface area contributed by atoms with Gasteiger partial charge in [0.05, 0.1) is 6.04 Å². The molecule has 0 saturated carbocycles. The first-order valence-electron chi connectivity index (χ1n) is 8.66. The number of anilines is 1. The molecule has 0 aliphatic carbocycles. The molecule has 1 aliphatic rings. The Bertz CT molecular complexity index is 932. The van der Waals surface area contributed by atoms with Gasteiger partial charge in [-0.15, -0.1) is 0 Å². The third-order valence-electron chi connectivity index (χ3n) is 4.75. The normalized spacial score (nSPS) is 16.2. The van der Waals surface area contributed by atoms with E-state index >= 15 is 0 Å². The number of carbonyl (C=O) groups excluding carboxylic acids is 1. The smallest absolute Gasteiger partial charge is 0.322 e. The number of nitrogens with one attached hydrogen (secondary N) is 1. The Kier molecular flexibility index (Phi) is 4.55. The molecule has 0 unspecified atom stereocenters. The Morgan fingerprint density at radius 3 is 2.65 bits per heavy atom. The summed E-state index contributed by atoms with van der Waals surface area (Å²) in [7, 11) is 0. The van der Waals surface area contributed by atoms with Gasteiger partial charge in [-0.25, -0.2) is 4.79 Å². The molecule has 0 fully saturated rings. The number of aromatic nitrogens is 1. The summed E-state index contributed by atoms with van der Waals surface area (Å²) in [5, 5.41) is 3.06. The number of carbonyl (C=O) groups is 1. The van der Waals surface area contributed by atoms with Gasteiger partial charge >= 0.3 is 6.03 Å². The molecular weight excluding hydrogens is 390 g/mol. The van der Waals surface area contributed by atoms with E-state index in [1.54, 1.807) is 0 Å². The maximum atomic E-state index is 13.1. The first kappa shape index (κ1) is 16.9. The second-order valence-corrected chi connectivity index (χ2v) is 7.49. The average Bonchev–Trinajstić information content (AvgIpc) is 3.10. The quantitative estimate of drug-likeness (QED) is 0.620. The van der Waals surface area contributed by atoms with Gasteiger partial charge in [0.2, 0.25) is 0 Å². The molecule has 0 saturated heterocycles. The fourth-order valence-corrected chi connectivity index (χ4v) is 3.78. The SMILES string of the molecule is Cc1cccc(NC(=O)N2CCn3cccc3[C@H]2c2ccc(Br)cc2)c1. The summed E-state index contributed by atoms with van der Waals surface area (Å²) in [5.74, 6) is 0. The Labute approximate surface area is 161 Å². The van der Waals surface area contributed by atoms with Gasteiger partial charge in [0.25, 0.3) is 0 Å². The number of urea groups is 1. The molecule has 2 aromatic carbocycles. The van der Waals surface area contributed by atoms with Crippen LogP contribution in [0.1, 0.15) is 22.9 Å². The van der Waals surface area contributed by atoms with Crippen LogP contribution in [0, 0.1) is 6.92 Å². The van der Waals surface area contributed by atoms with Crippen molar-refractivity contribution in [1.82, 2.24) is 9.47 Å². The van der Waals surface area contributed by atoms with Crippen LogP contribution in [0.15, 0.2) is 71.3 Å². The number of hydrogen-bond acceptors (Lipinski definition) is 1. The van der Waals surface area contributed by atoms with Gasteiger partial charge in [-0.3, -0.25) is 0 Å².